The summed E-state index contributed by atoms with van der Waals surface area (Å²) in [7, 11) is 0. The normalized spacial score (nSPS) is 49.2. The first-order valence-electron chi connectivity index (χ1n) is 3.52. The molecule has 4 N–H and O–H groups in total. The molecule has 1 heterocycles. The number of alkyl halides is 1. The van der Waals surface area contributed by atoms with E-state index in [-0.39, 0.29) is 0 Å². The molecule has 5 nitrogen and oxygen atoms in total. The Kier molecular flexibility index (Phi) is 2.97. The van der Waals surface area contributed by atoms with Crippen LogP contribution in [0.25, 0.3) is 0 Å². The van der Waals surface area contributed by atoms with Gasteiger partial charge >= 0.3 is 0 Å². The summed E-state index contributed by atoms with van der Waals surface area (Å²) in [6.45, 7) is -0.581. The summed E-state index contributed by atoms with van der Waals surface area (Å²) in [6.07, 6.45) is -8.19. The highest BCUT2D eigenvalue weighted by molar-refractivity contribution is 4.88. The second-order valence-electron chi connectivity index (χ2n) is 2.67. The van der Waals surface area contributed by atoms with Gasteiger partial charge in [-0.3, -0.25) is 0 Å². The SMILES string of the molecule is OC[C@H]1O[C@H](O)[C@@H](F)[C@H](O)[C@@H]1O. The maximum Gasteiger partial charge on any atom is 0.189 e. The average molecular weight is 182 g/mol. The number of rotatable bonds is 1. The summed E-state index contributed by atoms with van der Waals surface area (Å²) in [4.78, 5) is 0. The van der Waals surface area contributed by atoms with Crippen molar-refractivity contribution in [1.29, 1.82) is 0 Å². The zero-order valence-corrected chi connectivity index (χ0v) is 6.17. The summed E-state index contributed by atoms with van der Waals surface area (Å²) in [5.41, 5.74) is 0. The summed E-state index contributed by atoms with van der Waals surface area (Å²) in [6, 6.07) is 0. The average Bonchev–Trinajstić information content (AvgIpc) is 2.08. The Morgan fingerprint density at radius 3 is 2.25 bits per heavy atom. The summed E-state index contributed by atoms with van der Waals surface area (Å²) >= 11 is 0. The van der Waals surface area contributed by atoms with Gasteiger partial charge in [-0.1, -0.05) is 0 Å². The van der Waals surface area contributed by atoms with Gasteiger partial charge in [0.05, 0.1) is 6.61 Å². The molecule has 0 aliphatic carbocycles. The predicted molar refractivity (Wildman–Crippen MR) is 34.9 cm³/mol. The van der Waals surface area contributed by atoms with Gasteiger partial charge in [0.1, 0.15) is 18.3 Å². The third kappa shape index (κ3) is 1.57. The van der Waals surface area contributed by atoms with Crippen LogP contribution in [0.3, 0.4) is 0 Å². The van der Waals surface area contributed by atoms with Crippen molar-refractivity contribution < 1.29 is 29.6 Å². The molecule has 0 spiro atoms. The Morgan fingerprint density at radius 2 is 1.75 bits per heavy atom. The second-order valence-corrected chi connectivity index (χ2v) is 2.67. The summed E-state index contributed by atoms with van der Waals surface area (Å²) in [5, 5.41) is 35.3. The minimum absolute atomic E-state index is 0.581. The molecule has 0 bridgehead atoms. The van der Waals surface area contributed by atoms with Crippen molar-refractivity contribution in [2.24, 2.45) is 0 Å². The largest absolute Gasteiger partial charge is 0.394 e. The van der Waals surface area contributed by atoms with E-state index < -0.39 is 37.4 Å². The number of hydrogen-bond donors (Lipinski definition) is 4. The topological polar surface area (TPSA) is 90.2 Å². The molecule has 0 amide bonds. The van der Waals surface area contributed by atoms with E-state index in [2.05, 4.69) is 4.74 Å². The molecule has 5 atom stereocenters. The number of ether oxygens (including phenoxy) is 1. The van der Waals surface area contributed by atoms with Gasteiger partial charge in [-0.25, -0.2) is 4.39 Å². The van der Waals surface area contributed by atoms with Gasteiger partial charge in [0, 0.05) is 0 Å². The van der Waals surface area contributed by atoms with E-state index in [1.165, 1.54) is 0 Å². The lowest BCUT2D eigenvalue weighted by atomic mass is 10.0. The molecule has 1 aliphatic rings. The fraction of sp³-hybridized carbons (Fsp3) is 1.00. The first-order chi connectivity index (χ1) is 5.57. The van der Waals surface area contributed by atoms with Gasteiger partial charge in [-0.05, 0) is 0 Å². The van der Waals surface area contributed by atoms with Crippen molar-refractivity contribution in [3.63, 3.8) is 0 Å². The zero-order chi connectivity index (χ0) is 9.30. The smallest absolute Gasteiger partial charge is 0.189 e. The lowest BCUT2D eigenvalue weighted by Gasteiger charge is -2.36. The van der Waals surface area contributed by atoms with Crippen molar-refractivity contribution >= 4 is 0 Å². The number of hydrogen-bond acceptors (Lipinski definition) is 5. The summed E-state index contributed by atoms with van der Waals surface area (Å²) < 4.78 is 17.1. The van der Waals surface area contributed by atoms with Crippen LogP contribution in [0, 0.1) is 0 Å². The van der Waals surface area contributed by atoms with E-state index in [1.54, 1.807) is 0 Å². The highest BCUT2D eigenvalue weighted by Crippen LogP contribution is 2.21. The molecule has 1 fully saturated rings. The minimum atomic E-state index is -2.04. The van der Waals surface area contributed by atoms with Crippen molar-refractivity contribution in [1.82, 2.24) is 0 Å². The van der Waals surface area contributed by atoms with E-state index in [4.69, 9.17) is 20.4 Å². The van der Waals surface area contributed by atoms with Gasteiger partial charge in [0.15, 0.2) is 12.5 Å². The van der Waals surface area contributed by atoms with Gasteiger partial charge in [0.25, 0.3) is 0 Å². The standard InChI is InChI=1S/C6H11FO5/c7-3-5(10)4(9)2(1-8)12-6(3)11/h2-6,8-11H,1H2/t2-,3+,4-,5+,6+/m1/s1. The van der Waals surface area contributed by atoms with Crippen molar-refractivity contribution in [3.05, 3.63) is 0 Å². The third-order valence-electron chi connectivity index (χ3n) is 1.82. The van der Waals surface area contributed by atoms with Crippen LogP contribution in [-0.4, -0.2) is 57.8 Å². The van der Waals surface area contributed by atoms with Crippen LogP contribution in [0.4, 0.5) is 4.39 Å². The Balaban J connectivity index is 2.63. The monoisotopic (exact) mass is 182 g/mol. The van der Waals surface area contributed by atoms with Crippen LogP contribution in [0.15, 0.2) is 0 Å². The fourth-order valence-electron chi connectivity index (χ4n) is 1.06. The quantitative estimate of drug-likeness (QED) is 0.368. The molecule has 1 rings (SSSR count). The molecule has 0 aromatic carbocycles. The predicted octanol–water partition coefficient (Wildman–Crippen LogP) is -2.24. The molecular formula is C6H11FO5. The molecule has 12 heavy (non-hydrogen) atoms. The van der Waals surface area contributed by atoms with Crippen LogP contribution in [0.5, 0.6) is 0 Å². The van der Waals surface area contributed by atoms with Crippen molar-refractivity contribution in [2.45, 2.75) is 30.8 Å². The van der Waals surface area contributed by atoms with Crippen molar-refractivity contribution in [3.8, 4) is 0 Å². The van der Waals surface area contributed by atoms with E-state index in [0.29, 0.717) is 0 Å². The van der Waals surface area contributed by atoms with Crippen LogP contribution >= 0.6 is 0 Å². The Morgan fingerprint density at radius 1 is 1.17 bits per heavy atom. The highest BCUT2D eigenvalue weighted by atomic mass is 19.1. The van der Waals surface area contributed by atoms with E-state index in [1.807, 2.05) is 0 Å². The summed E-state index contributed by atoms with van der Waals surface area (Å²) in [5.74, 6) is 0. The highest BCUT2D eigenvalue weighted by Gasteiger charge is 2.43. The van der Waals surface area contributed by atoms with Gasteiger partial charge in [0.2, 0.25) is 0 Å². The Hall–Kier alpha value is -0.270. The number of halogens is 1. The number of aliphatic hydroxyl groups is 4. The van der Waals surface area contributed by atoms with Crippen LogP contribution < -0.4 is 0 Å². The molecular weight excluding hydrogens is 171 g/mol. The maximum absolute atomic E-state index is 12.7. The van der Waals surface area contributed by atoms with E-state index in [0.717, 1.165) is 0 Å². The molecule has 0 saturated carbocycles. The van der Waals surface area contributed by atoms with E-state index >= 15 is 0 Å². The number of aliphatic hydroxyl groups excluding tert-OH is 4. The molecule has 6 heteroatoms. The first kappa shape index (κ1) is 9.82. The lowest BCUT2D eigenvalue weighted by Crippen LogP contribution is -2.56. The molecule has 0 aromatic rings. The molecule has 1 saturated heterocycles. The van der Waals surface area contributed by atoms with Crippen LogP contribution in [-0.2, 0) is 4.74 Å². The van der Waals surface area contributed by atoms with Gasteiger partial charge in [-0.2, -0.15) is 0 Å². The molecule has 0 radical (unpaired) electrons. The Labute approximate surface area is 68.0 Å². The van der Waals surface area contributed by atoms with Crippen LogP contribution in [0.1, 0.15) is 0 Å². The second kappa shape index (κ2) is 3.63. The molecule has 0 unspecified atom stereocenters. The minimum Gasteiger partial charge on any atom is -0.394 e. The first-order valence-corrected chi connectivity index (χ1v) is 3.52. The van der Waals surface area contributed by atoms with Gasteiger partial charge < -0.3 is 25.2 Å². The lowest BCUT2D eigenvalue weighted by molar-refractivity contribution is -0.271. The van der Waals surface area contributed by atoms with Crippen molar-refractivity contribution in [2.75, 3.05) is 6.61 Å². The third-order valence-corrected chi connectivity index (χ3v) is 1.82. The fourth-order valence-corrected chi connectivity index (χ4v) is 1.06. The van der Waals surface area contributed by atoms with Gasteiger partial charge in [-0.15, -0.1) is 0 Å². The molecule has 1 aliphatic heterocycles. The zero-order valence-electron chi connectivity index (χ0n) is 6.17. The molecule has 0 aromatic heterocycles. The Bertz CT molecular complexity index is 150. The molecule has 72 valence electrons. The maximum atomic E-state index is 12.7. The van der Waals surface area contributed by atoms with Crippen LogP contribution in [0.2, 0.25) is 0 Å². The van der Waals surface area contributed by atoms with E-state index in [9.17, 15) is 4.39 Å².